The van der Waals surface area contributed by atoms with E-state index in [1.165, 1.54) is 16.8 Å². The van der Waals surface area contributed by atoms with Gasteiger partial charge in [0.1, 0.15) is 5.76 Å². The molecule has 0 saturated carbocycles. The van der Waals surface area contributed by atoms with Gasteiger partial charge in [-0.25, -0.2) is 14.6 Å². The van der Waals surface area contributed by atoms with Crippen molar-refractivity contribution in [2.24, 2.45) is 0 Å². The number of carbonyl (C=O) groups excluding carboxylic acids is 1. The van der Waals surface area contributed by atoms with Gasteiger partial charge < -0.3 is 9.73 Å². The van der Waals surface area contributed by atoms with E-state index in [0.717, 1.165) is 12.1 Å². The number of anilines is 2. The quantitative estimate of drug-likeness (QED) is 0.485. The SMILES string of the molecule is O=C1CC(c2ccco2)Cc2c1c(Nc1cccc(C(F)(F)F)c1)nn2-c1ncccn1. The molecule has 10 heteroatoms. The topological polar surface area (TPSA) is 85.8 Å². The fraction of sp³-hybridized carbons (Fsp3) is 0.182. The molecule has 0 radical (unpaired) electrons. The molecule has 1 aliphatic carbocycles. The van der Waals surface area contributed by atoms with E-state index in [2.05, 4.69) is 20.4 Å². The van der Waals surface area contributed by atoms with Crippen LogP contribution in [0.1, 0.15) is 39.7 Å². The Kier molecular flexibility index (Phi) is 4.76. The van der Waals surface area contributed by atoms with E-state index in [9.17, 15) is 18.0 Å². The Bertz CT molecular complexity index is 1270. The highest BCUT2D eigenvalue weighted by Gasteiger charge is 2.35. The van der Waals surface area contributed by atoms with Crippen LogP contribution in [0.15, 0.2) is 65.5 Å². The second kappa shape index (κ2) is 7.63. The fourth-order valence-corrected chi connectivity index (χ4v) is 3.85. The number of nitrogens with one attached hydrogen (secondary N) is 1. The van der Waals surface area contributed by atoms with Crippen molar-refractivity contribution in [3.05, 3.63) is 83.7 Å². The number of halogens is 3. The number of ketones is 1. The van der Waals surface area contributed by atoms with Crippen LogP contribution in [0.4, 0.5) is 24.7 Å². The Hall–Kier alpha value is -3.95. The summed E-state index contributed by atoms with van der Waals surface area (Å²) >= 11 is 0. The first-order chi connectivity index (χ1) is 15.4. The summed E-state index contributed by atoms with van der Waals surface area (Å²) in [5.41, 5.74) is 0.259. The van der Waals surface area contributed by atoms with Gasteiger partial charge in [-0.1, -0.05) is 6.07 Å². The van der Waals surface area contributed by atoms with Gasteiger partial charge in [-0.3, -0.25) is 4.79 Å². The first-order valence-electron chi connectivity index (χ1n) is 9.80. The Morgan fingerprint density at radius 1 is 1.06 bits per heavy atom. The lowest BCUT2D eigenvalue weighted by Gasteiger charge is -2.20. The molecule has 1 N–H and O–H groups in total. The molecule has 1 unspecified atom stereocenters. The van der Waals surface area contributed by atoms with Crippen LogP contribution in [-0.2, 0) is 12.6 Å². The minimum absolute atomic E-state index is 0.162. The summed E-state index contributed by atoms with van der Waals surface area (Å²) in [7, 11) is 0. The predicted octanol–water partition coefficient (Wildman–Crippen LogP) is 4.93. The van der Waals surface area contributed by atoms with Crippen LogP contribution in [-0.4, -0.2) is 25.5 Å². The van der Waals surface area contributed by atoms with Crippen molar-refractivity contribution in [3.8, 4) is 5.95 Å². The average Bonchev–Trinajstić information content (AvgIpc) is 3.43. The van der Waals surface area contributed by atoms with Crippen LogP contribution in [0.5, 0.6) is 0 Å². The highest BCUT2D eigenvalue weighted by atomic mass is 19.4. The van der Waals surface area contributed by atoms with E-state index in [1.54, 1.807) is 30.8 Å². The van der Waals surface area contributed by atoms with E-state index >= 15 is 0 Å². The summed E-state index contributed by atoms with van der Waals surface area (Å²) in [6.07, 6.45) is 0.785. The van der Waals surface area contributed by atoms with Crippen molar-refractivity contribution in [2.75, 3.05) is 5.32 Å². The molecule has 1 aliphatic rings. The molecule has 1 atom stereocenters. The normalized spacial score (nSPS) is 16.1. The number of alkyl halides is 3. The Labute approximate surface area is 179 Å². The fourth-order valence-electron chi connectivity index (χ4n) is 3.85. The third kappa shape index (κ3) is 3.64. The molecule has 5 rings (SSSR count). The first-order valence-corrected chi connectivity index (χ1v) is 9.80. The van der Waals surface area contributed by atoms with Gasteiger partial charge in [-0.15, -0.1) is 5.10 Å². The van der Waals surface area contributed by atoms with Crippen LogP contribution in [0.2, 0.25) is 0 Å². The van der Waals surface area contributed by atoms with Crippen molar-refractivity contribution in [1.82, 2.24) is 19.7 Å². The third-order valence-corrected chi connectivity index (χ3v) is 5.27. The Morgan fingerprint density at radius 2 is 1.88 bits per heavy atom. The van der Waals surface area contributed by atoms with Crippen molar-refractivity contribution >= 4 is 17.3 Å². The number of nitrogens with zero attached hydrogens (tertiary/aromatic N) is 4. The van der Waals surface area contributed by atoms with Crippen LogP contribution < -0.4 is 5.32 Å². The van der Waals surface area contributed by atoms with Gasteiger partial charge in [0.15, 0.2) is 11.6 Å². The van der Waals surface area contributed by atoms with Crippen LogP contribution in [0.25, 0.3) is 5.95 Å². The molecule has 7 nitrogen and oxygen atoms in total. The Balaban J connectivity index is 1.59. The number of fused-ring (bicyclic) bond motifs is 1. The second-order valence-electron chi connectivity index (χ2n) is 7.38. The summed E-state index contributed by atoms with van der Waals surface area (Å²) < 4.78 is 46.3. The molecule has 0 amide bonds. The molecular formula is C22H16F3N5O2. The molecule has 0 aliphatic heterocycles. The van der Waals surface area contributed by atoms with Gasteiger partial charge in [-0.2, -0.15) is 13.2 Å². The largest absolute Gasteiger partial charge is 0.469 e. The smallest absolute Gasteiger partial charge is 0.416 e. The van der Waals surface area contributed by atoms with Gasteiger partial charge in [0.05, 0.1) is 23.1 Å². The molecule has 0 spiro atoms. The lowest BCUT2D eigenvalue weighted by Crippen LogP contribution is -2.21. The second-order valence-corrected chi connectivity index (χ2v) is 7.38. The number of hydrogen-bond acceptors (Lipinski definition) is 6. The predicted molar refractivity (Wildman–Crippen MR) is 108 cm³/mol. The highest BCUT2D eigenvalue weighted by molar-refractivity contribution is 6.03. The molecule has 162 valence electrons. The maximum absolute atomic E-state index is 13.1. The monoisotopic (exact) mass is 439 g/mol. The zero-order valence-corrected chi connectivity index (χ0v) is 16.5. The van der Waals surface area contributed by atoms with Crippen molar-refractivity contribution in [3.63, 3.8) is 0 Å². The lowest BCUT2D eigenvalue weighted by atomic mass is 9.85. The van der Waals surface area contributed by atoms with E-state index in [1.807, 2.05) is 6.07 Å². The molecule has 32 heavy (non-hydrogen) atoms. The number of aromatic nitrogens is 4. The minimum atomic E-state index is -4.49. The van der Waals surface area contributed by atoms with Crippen LogP contribution in [0, 0.1) is 0 Å². The number of furan rings is 1. The van der Waals surface area contributed by atoms with Crippen molar-refractivity contribution in [1.29, 1.82) is 0 Å². The molecule has 3 aromatic heterocycles. The molecule has 0 bridgehead atoms. The zero-order chi connectivity index (χ0) is 22.3. The minimum Gasteiger partial charge on any atom is -0.469 e. The number of benzene rings is 1. The number of carbonyl (C=O) groups is 1. The zero-order valence-electron chi connectivity index (χ0n) is 16.5. The first kappa shape index (κ1) is 20.0. The average molecular weight is 439 g/mol. The van der Waals surface area contributed by atoms with Crippen molar-refractivity contribution < 1.29 is 22.4 Å². The van der Waals surface area contributed by atoms with Gasteiger partial charge in [-0.05, 0) is 36.4 Å². The summed E-state index contributed by atoms with van der Waals surface area (Å²) in [5.74, 6) is 0.719. The summed E-state index contributed by atoms with van der Waals surface area (Å²) in [4.78, 5) is 21.5. The van der Waals surface area contributed by atoms with Crippen LogP contribution in [0.3, 0.4) is 0 Å². The number of rotatable bonds is 4. The molecule has 4 aromatic rings. The third-order valence-electron chi connectivity index (χ3n) is 5.27. The van der Waals surface area contributed by atoms with Gasteiger partial charge >= 0.3 is 6.18 Å². The number of Topliss-reactive ketones (excluding diaryl/α,β-unsaturated/α-hetero) is 1. The maximum Gasteiger partial charge on any atom is 0.416 e. The van der Waals surface area contributed by atoms with Crippen molar-refractivity contribution in [2.45, 2.75) is 24.9 Å². The highest BCUT2D eigenvalue weighted by Crippen LogP contribution is 2.38. The summed E-state index contributed by atoms with van der Waals surface area (Å²) in [6.45, 7) is 0. The molecule has 0 saturated heterocycles. The molecular weight excluding hydrogens is 423 g/mol. The number of hydrogen-bond donors (Lipinski definition) is 1. The van der Waals surface area contributed by atoms with E-state index < -0.39 is 11.7 Å². The van der Waals surface area contributed by atoms with E-state index in [4.69, 9.17) is 4.42 Å². The molecule has 0 fully saturated rings. The lowest BCUT2D eigenvalue weighted by molar-refractivity contribution is -0.137. The summed E-state index contributed by atoms with van der Waals surface area (Å²) in [6, 6.07) is 9.96. The van der Waals surface area contributed by atoms with Crippen LogP contribution >= 0.6 is 0 Å². The molecule has 3 heterocycles. The standard InChI is InChI=1S/C22H16F3N5O2/c23-22(24,25)14-4-1-5-15(12-14)28-20-19-16(30(29-20)21-26-7-3-8-27-21)10-13(11-17(19)31)18-6-2-9-32-18/h1-9,12-13H,10-11H2,(H,28,29). The van der Waals surface area contributed by atoms with E-state index in [0.29, 0.717) is 23.4 Å². The van der Waals surface area contributed by atoms with Gasteiger partial charge in [0.25, 0.3) is 5.95 Å². The maximum atomic E-state index is 13.1. The summed E-state index contributed by atoms with van der Waals surface area (Å²) in [5, 5.41) is 7.35. The Morgan fingerprint density at radius 3 is 2.59 bits per heavy atom. The van der Waals surface area contributed by atoms with Gasteiger partial charge in [0.2, 0.25) is 0 Å². The van der Waals surface area contributed by atoms with E-state index in [-0.39, 0.29) is 35.6 Å². The molecule has 1 aromatic carbocycles. The van der Waals surface area contributed by atoms with Gasteiger partial charge in [0, 0.05) is 36.8 Å².